The molecule has 1 aliphatic rings. The second-order valence-electron chi connectivity index (χ2n) is 13.4. The fourth-order valence-corrected chi connectivity index (χ4v) is 6.68. The summed E-state index contributed by atoms with van der Waals surface area (Å²) < 4.78 is 7.93. The Kier molecular flexibility index (Phi) is 12.4. The number of aliphatic hydroxyl groups excluding tert-OH is 1. The molecular weight excluding hydrogens is 630 g/mol. The third kappa shape index (κ3) is 9.70. The van der Waals surface area contributed by atoms with Crippen LogP contribution in [0, 0.1) is 5.92 Å². The molecule has 11 nitrogen and oxygen atoms in total. The lowest BCUT2D eigenvalue weighted by Crippen LogP contribution is -2.60. The zero-order valence-corrected chi connectivity index (χ0v) is 29.4. The standard InChI is InChI=1S/C36H47N5O6S/c1-7-40-17-16-26-25(19-40)14-11-15-29(26)47-20-30(42)38-31(23(2)3)34(45)37-27(18-24-12-9-8-10-13-24)32(43)35(46)41-22-48-21-28(41)33(44)39-36(4,5)6/h8-17,19,23,27-28,31-32,43H,7,18,20-22H2,1-6H3,(H2-,37,38,39,42,44,45)/p+1/t27-,28-,31-,32-/m0/s1. The number of aryl methyl sites for hydroxylation is 1. The Morgan fingerprint density at radius 1 is 1.04 bits per heavy atom. The predicted octanol–water partition coefficient (Wildman–Crippen LogP) is 2.57. The van der Waals surface area contributed by atoms with Crippen molar-refractivity contribution in [1.29, 1.82) is 0 Å². The number of aliphatic hydroxyl groups is 1. The maximum absolute atomic E-state index is 13.7. The number of hydrogen-bond donors (Lipinski definition) is 4. The Morgan fingerprint density at radius 2 is 1.77 bits per heavy atom. The topological polar surface area (TPSA) is 141 Å². The number of nitrogens with zero attached hydrogens (tertiary/aromatic N) is 2. The van der Waals surface area contributed by atoms with Crippen molar-refractivity contribution >= 4 is 46.2 Å². The number of carbonyl (C=O) groups is 4. The maximum Gasteiger partial charge on any atom is 0.258 e. The summed E-state index contributed by atoms with van der Waals surface area (Å²) in [4.78, 5) is 54.9. The smallest absolute Gasteiger partial charge is 0.258 e. The molecule has 0 unspecified atom stereocenters. The number of amides is 4. The van der Waals surface area contributed by atoms with E-state index < -0.39 is 47.5 Å². The SMILES string of the molecule is CC[n+]1ccc2c(OCC(=O)N[C@H](C(=O)N[C@@H](Cc3ccccc3)[C@H](O)C(=O)N3CSC[C@H]3C(=O)NC(C)(C)C)C(C)C)cccc2c1. The van der Waals surface area contributed by atoms with Crippen molar-refractivity contribution in [3.05, 3.63) is 72.6 Å². The van der Waals surface area contributed by atoms with Crippen molar-refractivity contribution in [3.63, 3.8) is 0 Å². The Labute approximate surface area is 286 Å². The lowest BCUT2D eigenvalue weighted by atomic mass is 9.97. The van der Waals surface area contributed by atoms with E-state index in [9.17, 15) is 24.3 Å². The van der Waals surface area contributed by atoms with E-state index in [1.807, 2.05) is 86.3 Å². The summed E-state index contributed by atoms with van der Waals surface area (Å²) in [6.45, 7) is 11.8. The average Bonchev–Trinajstić information content (AvgIpc) is 3.55. The van der Waals surface area contributed by atoms with E-state index in [2.05, 4.69) is 22.9 Å². The summed E-state index contributed by atoms with van der Waals surface area (Å²) in [5.74, 6) is -1.10. The van der Waals surface area contributed by atoms with Crippen LogP contribution in [0.5, 0.6) is 5.75 Å². The molecule has 12 heteroatoms. The van der Waals surface area contributed by atoms with E-state index in [1.165, 1.54) is 16.7 Å². The molecule has 0 saturated carbocycles. The van der Waals surface area contributed by atoms with Crippen molar-refractivity contribution in [1.82, 2.24) is 20.9 Å². The first-order valence-corrected chi connectivity index (χ1v) is 17.5. The third-order valence-corrected chi connectivity index (χ3v) is 9.07. The van der Waals surface area contributed by atoms with E-state index >= 15 is 0 Å². The molecule has 1 aliphatic heterocycles. The van der Waals surface area contributed by atoms with Crippen LogP contribution in [0.4, 0.5) is 0 Å². The summed E-state index contributed by atoms with van der Waals surface area (Å²) in [5.41, 5.74) is 0.306. The first-order chi connectivity index (χ1) is 22.8. The van der Waals surface area contributed by atoms with Crippen molar-refractivity contribution in [2.24, 2.45) is 5.92 Å². The van der Waals surface area contributed by atoms with Crippen LogP contribution in [0.3, 0.4) is 0 Å². The van der Waals surface area contributed by atoms with E-state index in [0.29, 0.717) is 11.5 Å². The van der Waals surface area contributed by atoms with Gasteiger partial charge in [0.2, 0.25) is 11.8 Å². The van der Waals surface area contributed by atoms with Crippen LogP contribution < -0.4 is 25.3 Å². The van der Waals surface area contributed by atoms with Crippen LogP contribution in [0.1, 0.15) is 47.1 Å². The predicted molar refractivity (Wildman–Crippen MR) is 186 cm³/mol. The van der Waals surface area contributed by atoms with Gasteiger partial charge in [0.25, 0.3) is 11.8 Å². The molecule has 3 aromatic rings. The van der Waals surface area contributed by atoms with Gasteiger partial charge in [-0.25, -0.2) is 4.57 Å². The van der Waals surface area contributed by atoms with Gasteiger partial charge in [0, 0.05) is 28.1 Å². The lowest BCUT2D eigenvalue weighted by Gasteiger charge is -2.32. The minimum atomic E-state index is -1.64. The molecule has 0 aliphatic carbocycles. The molecule has 1 fully saturated rings. The second-order valence-corrected chi connectivity index (χ2v) is 14.4. The number of rotatable bonds is 13. The van der Waals surface area contributed by atoms with Crippen molar-refractivity contribution in [3.8, 4) is 5.75 Å². The minimum absolute atomic E-state index is 0.153. The number of thioether (sulfide) groups is 1. The molecular formula is C36H48N5O6S+. The molecule has 4 rings (SSSR count). The van der Waals surface area contributed by atoms with Gasteiger partial charge in [-0.2, -0.15) is 0 Å². The van der Waals surface area contributed by atoms with E-state index in [0.717, 1.165) is 22.9 Å². The number of ether oxygens (including phenoxy) is 1. The van der Waals surface area contributed by atoms with Gasteiger partial charge in [-0.15, -0.1) is 11.8 Å². The van der Waals surface area contributed by atoms with Crippen LogP contribution in [-0.4, -0.2) is 81.6 Å². The van der Waals surface area contributed by atoms with Gasteiger partial charge in [0.15, 0.2) is 25.1 Å². The number of hydrogen-bond acceptors (Lipinski definition) is 7. The second kappa shape index (κ2) is 16.3. The molecule has 2 heterocycles. The highest BCUT2D eigenvalue weighted by atomic mass is 32.2. The molecule has 48 heavy (non-hydrogen) atoms. The Balaban J connectivity index is 1.46. The molecule has 1 aromatic heterocycles. The van der Waals surface area contributed by atoms with Crippen LogP contribution in [0.15, 0.2) is 67.0 Å². The monoisotopic (exact) mass is 678 g/mol. The summed E-state index contributed by atoms with van der Waals surface area (Å²) in [6.07, 6.45) is 2.47. The van der Waals surface area contributed by atoms with Gasteiger partial charge in [0.1, 0.15) is 24.4 Å². The zero-order valence-electron chi connectivity index (χ0n) is 28.6. The van der Waals surface area contributed by atoms with E-state index in [1.54, 1.807) is 19.9 Å². The largest absolute Gasteiger partial charge is 0.483 e. The van der Waals surface area contributed by atoms with Gasteiger partial charge >= 0.3 is 0 Å². The summed E-state index contributed by atoms with van der Waals surface area (Å²) in [6, 6.07) is 14.0. The fourth-order valence-electron chi connectivity index (χ4n) is 5.51. The molecule has 1 saturated heterocycles. The minimum Gasteiger partial charge on any atom is -0.483 e. The summed E-state index contributed by atoms with van der Waals surface area (Å²) in [7, 11) is 0. The highest BCUT2D eigenvalue weighted by molar-refractivity contribution is 7.99. The first-order valence-electron chi connectivity index (χ1n) is 16.3. The lowest BCUT2D eigenvalue weighted by molar-refractivity contribution is -0.692. The Bertz CT molecular complexity index is 1590. The maximum atomic E-state index is 13.7. The van der Waals surface area contributed by atoms with Gasteiger partial charge in [-0.3, -0.25) is 19.2 Å². The number of pyridine rings is 1. The molecule has 0 radical (unpaired) electrons. The quantitative estimate of drug-likeness (QED) is 0.204. The number of carbonyl (C=O) groups excluding carboxylic acids is 4. The van der Waals surface area contributed by atoms with Crippen LogP contribution >= 0.6 is 11.8 Å². The third-order valence-electron chi connectivity index (χ3n) is 8.05. The molecule has 4 amide bonds. The van der Waals surface area contributed by atoms with Gasteiger partial charge in [0.05, 0.1) is 11.9 Å². The van der Waals surface area contributed by atoms with Gasteiger partial charge in [-0.05, 0) is 57.7 Å². The molecule has 0 spiro atoms. The van der Waals surface area contributed by atoms with Crippen molar-refractivity contribution in [2.45, 2.75) is 84.3 Å². The van der Waals surface area contributed by atoms with Crippen LogP contribution in [0.2, 0.25) is 0 Å². The van der Waals surface area contributed by atoms with E-state index in [4.69, 9.17) is 4.74 Å². The van der Waals surface area contributed by atoms with Gasteiger partial charge in [-0.1, -0.05) is 50.2 Å². The van der Waals surface area contributed by atoms with E-state index in [-0.39, 0.29) is 30.7 Å². The number of nitrogens with one attached hydrogen (secondary N) is 3. The molecule has 2 aromatic carbocycles. The Morgan fingerprint density at radius 3 is 2.44 bits per heavy atom. The zero-order chi connectivity index (χ0) is 35.0. The first kappa shape index (κ1) is 36.7. The highest BCUT2D eigenvalue weighted by Gasteiger charge is 2.41. The van der Waals surface area contributed by atoms with Gasteiger partial charge < -0.3 is 30.7 Å². The summed E-state index contributed by atoms with van der Waals surface area (Å²) in [5, 5.41) is 21.8. The molecule has 4 N–H and O–H groups in total. The molecule has 258 valence electrons. The highest BCUT2D eigenvalue weighted by Crippen LogP contribution is 2.25. The molecule has 0 bridgehead atoms. The Hall–Kier alpha value is -4.16. The number of aromatic nitrogens is 1. The van der Waals surface area contributed by atoms with Crippen LogP contribution in [-0.2, 0) is 32.1 Å². The number of benzene rings is 2. The molecule has 4 atom stereocenters. The normalized spacial score (nSPS) is 16.7. The van der Waals surface area contributed by atoms with Crippen molar-refractivity contribution < 1.29 is 33.6 Å². The van der Waals surface area contributed by atoms with Crippen LogP contribution in [0.25, 0.3) is 10.8 Å². The average molecular weight is 679 g/mol. The fraction of sp³-hybridized carbons (Fsp3) is 0.472. The number of fused-ring (bicyclic) bond motifs is 1. The summed E-state index contributed by atoms with van der Waals surface area (Å²) >= 11 is 1.43. The van der Waals surface area contributed by atoms with Crippen molar-refractivity contribution in [2.75, 3.05) is 18.2 Å².